The molecule has 186 valence electrons. The minimum absolute atomic E-state index is 0.190. The Morgan fingerprint density at radius 2 is 1.22 bits per heavy atom. The fourth-order valence-electron chi connectivity index (χ4n) is 5.10. The van der Waals surface area contributed by atoms with Crippen LogP contribution in [0.3, 0.4) is 0 Å². The second-order valence-corrected chi connectivity index (χ2v) is 10.1. The van der Waals surface area contributed by atoms with Crippen LogP contribution < -0.4 is 4.74 Å². The normalized spacial score (nSPS) is 14.9. The van der Waals surface area contributed by atoms with Gasteiger partial charge in [-0.25, -0.2) is 0 Å². The molecular weight excluding hydrogens is 472 g/mol. The molecule has 0 aliphatic heterocycles. The molecule has 0 N–H and O–H groups in total. The van der Waals surface area contributed by atoms with Gasteiger partial charge in [0.25, 0.3) is 0 Å². The van der Waals surface area contributed by atoms with Gasteiger partial charge in [-0.3, -0.25) is 14.4 Å². The van der Waals surface area contributed by atoms with Gasteiger partial charge < -0.3 is 4.74 Å². The van der Waals surface area contributed by atoms with Crippen molar-refractivity contribution < 1.29 is 19.1 Å². The van der Waals surface area contributed by atoms with Crippen LogP contribution in [0.15, 0.2) is 42.5 Å². The Bertz CT molecular complexity index is 1370. The van der Waals surface area contributed by atoms with Crippen LogP contribution in [0.2, 0.25) is 5.02 Å². The molecule has 0 amide bonds. The van der Waals surface area contributed by atoms with Crippen LogP contribution >= 0.6 is 11.6 Å². The maximum atomic E-state index is 11.4. The van der Waals surface area contributed by atoms with Gasteiger partial charge in [-0.05, 0) is 80.0 Å². The number of halogens is 1. The van der Waals surface area contributed by atoms with E-state index in [1.165, 1.54) is 16.7 Å². The van der Waals surface area contributed by atoms with Crippen LogP contribution in [0.1, 0.15) is 83.7 Å². The number of aryl methyl sites for hydroxylation is 6. The summed E-state index contributed by atoms with van der Waals surface area (Å²) in [5, 5.41) is 0.618. The molecule has 4 nitrogen and oxygen atoms in total. The second kappa shape index (κ2) is 10.8. The number of fused-ring (bicyclic) bond motifs is 3. The topological polar surface area (TPSA) is 60.4 Å². The highest BCUT2D eigenvalue weighted by atomic mass is 35.5. The molecular formula is C31H31ClO4. The zero-order chi connectivity index (χ0) is 26.0. The third kappa shape index (κ3) is 5.44. The van der Waals surface area contributed by atoms with Crippen LogP contribution in [-0.2, 0) is 19.3 Å². The van der Waals surface area contributed by atoms with Crippen molar-refractivity contribution in [3.63, 3.8) is 0 Å². The zero-order valence-electron chi connectivity index (χ0n) is 21.3. The summed E-state index contributed by atoms with van der Waals surface area (Å²) < 4.78 is 5.17. The Morgan fingerprint density at radius 1 is 0.639 bits per heavy atom. The molecule has 0 saturated heterocycles. The van der Waals surface area contributed by atoms with Crippen molar-refractivity contribution in [2.75, 3.05) is 7.11 Å². The molecule has 3 aliphatic rings. The molecule has 0 aromatic heterocycles. The molecule has 0 radical (unpaired) electrons. The average molecular weight is 503 g/mol. The SMILES string of the molecule is COc1cc2c(cc1C)CCC2=O.Cc1cc(Cl)c2c(c1)CCC2=O.Cc1ccc2c(c1)CCC2=O. The fourth-order valence-corrected chi connectivity index (χ4v) is 5.50. The monoisotopic (exact) mass is 502 g/mol. The smallest absolute Gasteiger partial charge is 0.164 e. The summed E-state index contributed by atoms with van der Waals surface area (Å²) in [5.74, 6) is 1.55. The van der Waals surface area contributed by atoms with Gasteiger partial charge in [-0.15, -0.1) is 0 Å². The molecule has 0 unspecified atom stereocenters. The van der Waals surface area contributed by atoms with Crippen LogP contribution in [0.5, 0.6) is 5.75 Å². The number of hydrogen-bond donors (Lipinski definition) is 0. The Hall–Kier alpha value is -3.24. The van der Waals surface area contributed by atoms with Crippen molar-refractivity contribution in [2.45, 2.75) is 59.3 Å². The maximum Gasteiger partial charge on any atom is 0.164 e. The lowest BCUT2D eigenvalue weighted by molar-refractivity contribution is 0.0986. The summed E-state index contributed by atoms with van der Waals surface area (Å²) in [6.07, 6.45) is 4.67. The van der Waals surface area contributed by atoms with E-state index < -0.39 is 0 Å². The quantitative estimate of drug-likeness (QED) is 0.358. The number of ether oxygens (including phenoxy) is 1. The summed E-state index contributed by atoms with van der Waals surface area (Å²) in [6, 6.07) is 13.9. The van der Waals surface area contributed by atoms with Gasteiger partial charge in [0, 0.05) is 36.0 Å². The van der Waals surface area contributed by atoms with Gasteiger partial charge >= 0.3 is 0 Å². The zero-order valence-corrected chi connectivity index (χ0v) is 22.1. The molecule has 36 heavy (non-hydrogen) atoms. The minimum Gasteiger partial charge on any atom is -0.496 e. The van der Waals surface area contributed by atoms with Crippen molar-refractivity contribution in [3.8, 4) is 5.75 Å². The highest BCUT2D eigenvalue weighted by Gasteiger charge is 2.22. The number of ketones is 3. The third-order valence-electron chi connectivity index (χ3n) is 6.94. The first kappa shape index (κ1) is 25.8. The first-order chi connectivity index (χ1) is 17.2. The highest BCUT2D eigenvalue weighted by Crippen LogP contribution is 2.30. The molecule has 5 heteroatoms. The van der Waals surface area contributed by atoms with Crippen molar-refractivity contribution in [1.82, 2.24) is 0 Å². The van der Waals surface area contributed by atoms with E-state index in [0.29, 0.717) is 30.1 Å². The summed E-state index contributed by atoms with van der Waals surface area (Å²) in [7, 11) is 1.63. The Kier molecular flexibility index (Phi) is 7.75. The Morgan fingerprint density at radius 3 is 1.92 bits per heavy atom. The van der Waals surface area contributed by atoms with Crippen LogP contribution in [-0.4, -0.2) is 24.5 Å². The van der Waals surface area contributed by atoms with Gasteiger partial charge in [-0.2, -0.15) is 0 Å². The molecule has 6 rings (SSSR count). The molecule has 0 fully saturated rings. The van der Waals surface area contributed by atoms with Crippen LogP contribution in [0.25, 0.3) is 0 Å². The Balaban J connectivity index is 0.000000127. The van der Waals surface area contributed by atoms with Crippen LogP contribution in [0, 0.1) is 20.8 Å². The third-order valence-corrected chi connectivity index (χ3v) is 7.24. The largest absolute Gasteiger partial charge is 0.496 e. The lowest BCUT2D eigenvalue weighted by atomic mass is 10.1. The number of benzene rings is 3. The highest BCUT2D eigenvalue weighted by molar-refractivity contribution is 6.34. The van der Waals surface area contributed by atoms with Crippen molar-refractivity contribution in [1.29, 1.82) is 0 Å². The lowest BCUT2D eigenvalue weighted by Crippen LogP contribution is -1.94. The van der Waals surface area contributed by atoms with Gasteiger partial charge in [0.05, 0.1) is 12.1 Å². The number of methoxy groups -OCH3 is 1. The first-order valence-electron chi connectivity index (χ1n) is 12.3. The molecule has 3 aromatic carbocycles. The van der Waals surface area contributed by atoms with E-state index in [1.807, 2.05) is 44.2 Å². The summed E-state index contributed by atoms with van der Waals surface area (Å²) in [6.45, 7) is 6.06. The van der Waals surface area contributed by atoms with Crippen LogP contribution in [0.4, 0.5) is 0 Å². The Labute approximate surface area is 217 Å². The van der Waals surface area contributed by atoms with Gasteiger partial charge in [0.15, 0.2) is 17.3 Å². The summed E-state index contributed by atoms with van der Waals surface area (Å²) in [5.41, 5.74) is 9.55. The first-order valence-corrected chi connectivity index (χ1v) is 12.7. The molecule has 0 bridgehead atoms. The van der Waals surface area contributed by atoms with Crippen molar-refractivity contribution >= 4 is 29.0 Å². The van der Waals surface area contributed by atoms with Gasteiger partial charge in [-0.1, -0.05) is 47.5 Å². The predicted molar refractivity (Wildman–Crippen MR) is 143 cm³/mol. The van der Waals surface area contributed by atoms with Gasteiger partial charge in [0.2, 0.25) is 0 Å². The fraction of sp³-hybridized carbons (Fsp3) is 0.323. The van der Waals surface area contributed by atoms with E-state index in [1.54, 1.807) is 7.11 Å². The second-order valence-electron chi connectivity index (χ2n) is 9.69. The predicted octanol–water partition coefficient (Wildman–Crippen LogP) is 7.03. The maximum absolute atomic E-state index is 11.4. The number of Topliss-reactive ketones (excluding diaryl/α,β-unsaturated/α-hetero) is 3. The van der Waals surface area contributed by atoms with Crippen molar-refractivity contribution in [3.05, 3.63) is 97.6 Å². The van der Waals surface area contributed by atoms with E-state index in [0.717, 1.165) is 58.4 Å². The molecule has 0 heterocycles. The van der Waals surface area contributed by atoms with Crippen molar-refractivity contribution in [2.24, 2.45) is 0 Å². The lowest BCUT2D eigenvalue weighted by Gasteiger charge is -2.06. The molecule has 0 atom stereocenters. The molecule has 3 aromatic rings. The summed E-state index contributed by atoms with van der Waals surface area (Å²) in [4.78, 5) is 33.9. The van der Waals surface area contributed by atoms with E-state index in [9.17, 15) is 14.4 Å². The molecule has 0 saturated carbocycles. The molecule has 3 aliphatic carbocycles. The molecule has 0 spiro atoms. The number of hydrogen-bond acceptors (Lipinski definition) is 4. The van der Waals surface area contributed by atoms with E-state index in [2.05, 4.69) is 19.1 Å². The van der Waals surface area contributed by atoms with Gasteiger partial charge in [0.1, 0.15) is 5.75 Å². The minimum atomic E-state index is 0.190. The standard InChI is InChI=1S/C11H12O2.C10H9ClO.C10H10O/c1-7-5-8-3-4-10(12)9(8)6-11(7)13-2;1-6-4-7-2-3-9(12)10(7)8(11)5-6;1-7-2-4-9-8(6-7)3-5-10(9)11/h5-6H,3-4H2,1-2H3;4-5H,2-3H2,1H3;2,4,6H,3,5H2,1H3. The van der Waals surface area contributed by atoms with E-state index in [4.69, 9.17) is 16.3 Å². The number of rotatable bonds is 1. The van der Waals surface area contributed by atoms with E-state index >= 15 is 0 Å². The summed E-state index contributed by atoms with van der Waals surface area (Å²) >= 11 is 5.95. The number of carbonyl (C=O) groups excluding carboxylic acids is 3. The number of carbonyl (C=O) groups is 3. The average Bonchev–Trinajstić information content (AvgIpc) is 3.51. The van der Waals surface area contributed by atoms with E-state index in [-0.39, 0.29) is 11.6 Å².